The number of aromatic nitrogens is 2. The number of benzene rings is 1. The lowest BCUT2D eigenvalue weighted by atomic mass is 10.0. The van der Waals surface area contributed by atoms with E-state index in [0.29, 0.717) is 0 Å². The van der Waals surface area contributed by atoms with Gasteiger partial charge in [0.15, 0.2) is 0 Å². The highest BCUT2D eigenvalue weighted by Gasteiger charge is 2.18. The summed E-state index contributed by atoms with van der Waals surface area (Å²) >= 11 is 0. The van der Waals surface area contributed by atoms with Gasteiger partial charge in [-0.25, -0.2) is 4.57 Å². The van der Waals surface area contributed by atoms with Gasteiger partial charge in [0.05, 0.1) is 6.54 Å². The van der Waals surface area contributed by atoms with E-state index in [-0.39, 0.29) is 0 Å². The first-order valence-electron chi connectivity index (χ1n) is 17.0. The van der Waals surface area contributed by atoms with Gasteiger partial charge in [-0.1, -0.05) is 160 Å². The first-order valence-corrected chi connectivity index (χ1v) is 17.0. The molecule has 0 aliphatic heterocycles. The third-order valence-electron chi connectivity index (χ3n) is 8.30. The molecule has 0 aliphatic rings. The fourth-order valence-electron chi connectivity index (χ4n) is 5.82. The highest BCUT2D eigenvalue weighted by molar-refractivity contribution is 5.31. The second-order valence-electron chi connectivity index (χ2n) is 11.8. The molecule has 0 bridgehead atoms. The Morgan fingerprint density at radius 2 is 0.921 bits per heavy atom. The second-order valence-corrected chi connectivity index (χ2v) is 11.8. The second kappa shape index (κ2) is 23.3. The highest BCUT2D eigenvalue weighted by Crippen LogP contribution is 2.16. The summed E-state index contributed by atoms with van der Waals surface area (Å²) in [6.07, 6.45) is 38.3. The first kappa shape index (κ1) is 32.6. The summed E-state index contributed by atoms with van der Waals surface area (Å²) in [5, 5.41) is 0. The summed E-state index contributed by atoms with van der Waals surface area (Å²) in [6, 6.07) is 10.9. The maximum absolute atomic E-state index is 2.55. The minimum absolute atomic E-state index is 1.17. The van der Waals surface area contributed by atoms with E-state index in [1.54, 1.807) is 0 Å². The molecule has 1 aromatic carbocycles. The number of para-hydroxylation sites is 1. The third-order valence-corrected chi connectivity index (χ3v) is 8.30. The Bertz CT molecular complexity index is 763. The molecular weight excluding hydrogens is 460 g/mol. The zero-order valence-corrected chi connectivity index (χ0v) is 25.6. The zero-order chi connectivity index (χ0) is 26.9. The summed E-state index contributed by atoms with van der Waals surface area (Å²) in [6.45, 7) is 5.78. The lowest BCUT2D eigenvalue weighted by molar-refractivity contribution is -0.704. The van der Waals surface area contributed by atoms with Crippen molar-refractivity contribution in [1.29, 1.82) is 0 Å². The molecule has 0 fully saturated rings. The molecule has 0 atom stereocenters. The van der Waals surface area contributed by atoms with Gasteiger partial charge in [0.2, 0.25) is 0 Å². The van der Waals surface area contributed by atoms with Gasteiger partial charge in [0, 0.05) is 6.42 Å². The van der Waals surface area contributed by atoms with Gasteiger partial charge in [-0.2, -0.15) is 4.57 Å². The van der Waals surface area contributed by atoms with Gasteiger partial charge in [0.25, 0.3) is 5.82 Å². The number of hydrogen-bond donors (Lipinski definition) is 0. The molecule has 0 unspecified atom stereocenters. The van der Waals surface area contributed by atoms with Gasteiger partial charge in [-0.05, 0) is 31.4 Å². The smallest absolute Gasteiger partial charge is 0.234 e. The molecule has 1 heterocycles. The molecule has 0 spiro atoms. The normalized spacial score (nSPS) is 11.4. The molecule has 2 aromatic rings. The SMILES string of the molecule is CCCCCCCCCCCCCCCC[n+]1ccn(-c2ccccc2)c1CCCCCCCCCCC. The molecule has 0 amide bonds. The Balaban J connectivity index is 1.62. The summed E-state index contributed by atoms with van der Waals surface area (Å²) in [5.74, 6) is 1.49. The number of imidazole rings is 1. The van der Waals surface area contributed by atoms with Crippen molar-refractivity contribution in [2.45, 2.75) is 174 Å². The highest BCUT2D eigenvalue weighted by atomic mass is 15.1. The van der Waals surface area contributed by atoms with E-state index in [1.165, 1.54) is 172 Å². The molecular formula is C36H63N2+. The number of rotatable bonds is 26. The van der Waals surface area contributed by atoms with E-state index in [1.807, 2.05) is 0 Å². The van der Waals surface area contributed by atoms with Gasteiger partial charge in [0.1, 0.15) is 18.1 Å². The lowest BCUT2D eigenvalue weighted by Crippen LogP contribution is -2.37. The van der Waals surface area contributed by atoms with Gasteiger partial charge in [-0.3, -0.25) is 0 Å². The van der Waals surface area contributed by atoms with Crippen LogP contribution in [-0.2, 0) is 13.0 Å². The van der Waals surface area contributed by atoms with Crippen LogP contribution in [0.25, 0.3) is 5.69 Å². The van der Waals surface area contributed by atoms with Crippen LogP contribution in [0.4, 0.5) is 0 Å². The Morgan fingerprint density at radius 3 is 1.39 bits per heavy atom. The van der Waals surface area contributed by atoms with Crippen molar-refractivity contribution in [3.63, 3.8) is 0 Å². The number of unbranched alkanes of at least 4 members (excludes halogenated alkanes) is 21. The van der Waals surface area contributed by atoms with E-state index in [0.717, 1.165) is 0 Å². The maximum atomic E-state index is 2.55. The Kier molecular flexibility index (Phi) is 20.0. The quantitative estimate of drug-likeness (QED) is 0.0856. The molecule has 2 rings (SSSR count). The van der Waals surface area contributed by atoms with E-state index in [9.17, 15) is 0 Å². The largest absolute Gasteiger partial charge is 0.261 e. The van der Waals surface area contributed by atoms with Crippen LogP contribution >= 0.6 is 0 Å². The van der Waals surface area contributed by atoms with Crippen molar-refractivity contribution in [3.8, 4) is 5.69 Å². The maximum Gasteiger partial charge on any atom is 0.261 e. The van der Waals surface area contributed by atoms with Crippen LogP contribution in [0.3, 0.4) is 0 Å². The van der Waals surface area contributed by atoms with E-state index >= 15 is 0 Å². The number of aryl methyl sites for hydroxylation is 1. The third kappa shape index (κ3) is 15.1. The van der Waals surface area contributed by atoms with Crippen LogP contribution in [0.1, 0.15) is 167 Å². The van der Waals surface area contributed by atoms with E-state index in [2.05, 4.69) is 65.7 Å². The van der Waals surface area contributed by atoms with E-state index < -0.39 is 0 Å². The standard InChI is InChI=1S/C36H63N2/c1-3-5-7-9-11-13-14-15-16-17-19-21-23-28-32-37-33-34-38(35-29-25-24-26-30-35)36(37)31-27-22-20-18-12-10-8-6-4-2/h24-26,29-30,33-34H,3-23,27-28,31-32H2,1-2H3/q+1. The molecule has 2 heteroatoms. The van der Waals surface area contributed by atoms with Crippen LogP contribution in [0, 0.1) is 0 Å². The van der Waals surface area contributed by atoms with Crippen LogP contribution < -0.4 is 4.57 Å². The summed E-state index contributed by atoms with van der Waals surface area (Å²) < 4.78 is 4.99. The van der Waals surface area contributed by atoms with Crippen molar-refractivity contribution < 1.29 is 4.57 Å². The topological polar surface area (TPSA) is 8.81 Å². The average molecular weight is 524 g/mol. The van der Waals surface area contributed by atoms with Gasteiger partial charge in [-0.15, -0.1) is 0 Å². The van der Waals surface area contributed by atoms with Crippen LogP contribution in [0.2, 0.25) is 0 Å². The van der Waals surface area contributed by atoms with Crippen molar-refractivity contribution >= 4 is 0 Å². The zero-order valence-electron chi connectivity index (χ0n) is 25.6. The molecule has 38 heavy (non-hydrogen) atoms. The summed E-state index contributed by atoms with van der Waals surface area (Å²) in [5.41, 5.74) is 1.30. The Labute approximate surface area is 237 Å². The number of nitrogens with zero attached hydrogens (tertiary/aromatic N) is 2. The molecule has 0 saturated carbocycles. The molecule has 2 nitrogen and oxygen atoms in total. The molecule has 0 N–H and O–H groups in total. The van der Waals surface area contributed by atoms with Crippen molar-refractivity contribution in [1.82, 2.24) is 4.57 Å². The first-order chi connectivity index (χ1) is 18.9. The predicted octanol–water partition coefficient (Wildman–Crippen LogP) is 11.3. The molecule has 0 radical (unpaired) electrons. The van der Waals surface area contributed by atoms with Crippen LogP contribution in [0.5, 0.6) is 0 Å². The average Bonchev–Trinajstić information content (AvgIpc) is 3.35. The summed E-state index contributed by atoms with van der Waals surface area (Å²) in [7, 11) is 0. The molecule has 1 aromatic heterocycles. The van der Waals surface area contributed by atoms with E-state index in [4.69, 9.17) is 0 Å². The van der Waals surface area contributed by atoms with Crippen LogP contribution in [0.15, 0.2) is 42.7 Å². The Hall–Kier alpha value is -1.57. The minimum atomic E-state index is 1.17. The van der Waals surface area contributed by atoms with Crippen molar-refractivity contribution in [2.75, 3.05) is 0 Å². The van der Waals surface area contributed by atoms with Gasteiger partial charge < -0.3 is 0 Å². The van der Waals surface area contributed by atoms with Crippen molar-refractivity contribution in [2.24, 2.45) is 0 Å². The van der Waals surface area contributed by atoms with Crippen LogP contribution in [-0.4, -0.2) is 4.57 Å². The fraction of sp³-hybridized carbons (Fsp3) is 0.750. The van der Waals surface area contributed by atoms with Crippen molar-refractivity contribution in [3.05, 3.63) is 48.5 Å². The Morgan fingerprint density at radius 1 is 0.500 bits per heavy atom. The summed E-state index contributed by atoms with van der Waals surface area (Å²) in [4.78, 5) is 0. The molecule has 0 saturated heterocycles. The molecule has 216 valence electrons. The van der Waals surface area contributed by atoms with Gasteiger partial charge >= 0.3 is 0 Å². The minimum Gasteiger partial charge on any atom is -0.234 e. The fourth-order valence-corrected chi connectivity index (χ4v) is 5.82. The predicted molar refractivity (Wildman–Crippen MR) is 167 cm³/mol. The molecule has 0 aliphatic carbocycles. The lowest BCUT2D eigenvalue weighted by Gasteiger charge is -2.07. The monoisotopic (exact) mass is 523 g/mol. The number of hydrogen-bond acceptors (Lipinski definition) is 0.